The summed E-state index contributed by atoms with van der Waals surface area (Å²) in [5, 5.41) is 0. The molecule has 1 aromatic rings. The largest absolute Gasteiger partial charge is 0.464 e. The maximum atomic E-state index is 12.0. The fourth-order valence-electron chi connectivity index (χ4n) is 4.21. The van der Waals surface area contributed by atoms with Gasteiger partial charge in [-0.3, -0.25) is 29.0 Å². The summed E-state index contributed by atoms with van der Waals surface area (Å²) in [4.78, 5) is 64.8. The third-order valence-electron chi connectivity index (χ3n) is 7.92. The Hall–Kier alpha value is -4.27. The van der Waals surface area contributed by atoms with Gasteiger partial charge in [0.1, 0.15) is 26.9 Å². The smallest absolute Gasteiger partial charge is 0.323 e. The number of aromatic nitrogens is 3. The Labute approximate surface area is 348 Å². The number of carbonyl (C=O) groups is 4. The molecule has 0 spiro atoms. The van der Waals surface area contributed by atoms with Crippen molar-refractivity contribution >= 4 is 35.0 Å². The van der Waals surface area contributed by atoms with Crippen molar-refractivity contribution in [3.63, 3.8) is 0 Å². The minimum absolute atomic E-state index is 0.0436. The second kappa shape index (κ2) is 29.0. The van der Waals surface area contributed by atoms with Crippen LogP contribution in [0.25, 0.3) is 0 Å². The lowest BCUT2D eigenvalue weighted by molar-refractivity contribution is -0.151. The first-order valence-electron chi connectivity index (χ1n) is 19.4. The minimum atomic E-state index is -0.762. The Balaban J connectivity index is 3.40. The molecule has 1 heterocycles. The molecule has 332 valence electrons. The maximum absolute atomic E-state index is 12.0. The van der Waals surface area contributed by atoms with Gasteiger partial charge in [0, 0.05) is 25.7 Å². The zero-order valence-electron chi connectivity index (χ0n) is 36.4. The Morgan fingerprint density at radius 3 is 0.949 bits per heavy atom. The van der Waals surface area contributed by atoms with E-state index in [-0.39, 0.29) is 127 Å². The van der Waals surface area contributed by atoms with Gasteiger partial charge in [-0.2, -0.15) is 15.0 Å². The fraction of sp³-hybridized carbons (Fsp3) is 0.634. The normalized spacial score (nSPS) is 13.2. The highest BCUT2D eigenvalue weighted by Gasteiger charge is 2.23. The lowest BCUT2D eigenvalue weighted by atomic mass is 10.2. The van der Waals surface area contributed by atoms with E-state index < -0.39 is 25.2 Å². The van der Waals surface area contributed by atoms with Gasteiger partial charge in [-0.1, -0.05) is 26.3 Å². The molecular formula is C41H65N5O13. The molecule has 4 atom stereocenters. The van der Waals surface area contributed by atoms with Crippen LogP contribution in [0.3, 0.4) is 0 Å². The number of hydrogen-bond acceptors (Lipinski definition) is 18. The van der Waals surface area contributed by atoms with Crippen molar-refractivity contribution in [1.29, 1.82) is 0 Å². The molecule has 0 fully saturated rings. The van der Waals surface area contributed by atoms with Gasteiger partial charge >= 0.3 is 6.01 Å². The third kappa shape index (κ3) is 23.2. The van der Waals surface area contributed by atoms with E-state index in [0.717, 1.165) is 0 Å². The summed E-state index contributed by atoms with van der Waals surface area (Å²) < 4.78 is 52.4. The highest BCUT2D eigenvalue weighted by Crippen LogP contribution is 2.20. The highest BCUT2D eigenvalue weighted by molar-refractivity contribution is 5.95. The number of hydrogen-bond donors (Lipinski definition) is 0. The standard InChI is InChI=1S/C41H65N5O13/c1-14-51-41-43-39(45(23-56-31(10)52-19-15-35(47)27(2)3)24-57-32(11)53-20-16-36(48)28(4)5)42-40(44-41)46(25-58-33(12)54-21-17-37(49)29(6)7)26-59-34(13)55-22-18-38(50)30(8)9/h31-34H,2,4,6,8,14-26H2,1,3,5,7,9-13H3. The topological polar surface area (TPSA) is 196 Å². The molecule has 0 aromatic carbocycles. The van der Waals surface area contributed by atoms with Crippen LogP contribution in [-0.2, 0) is 57.1 Å². The molecule has 1 rings (SSSR count). The second-order valence-corrected chi connectivity index (χ2v) is 13.5. The first-order chi connectivity index (χ1) is 27.8. The van der Waals surface area contributed by atoms with Crippen LogP contribution in [-0.4, -0.2) is 123 Å². The predicted octanol–water partition coefficient (Wildman–Crippen LogP) is 5.37. The van der Waals surface area contributed by atoms with Gasteiger partial charge in [-0.25, -0.2) is 0 Å². The number of rotatable bonds is 36. The Kier molecular flexibility index (Phi) is 26.0. The van der Waals surface area contributed by atoms with Crippen LogP contribution >= 0.6 is 0 Å². The van der Waals surface area contributed by atoms with Crippen molar-refractivity contribution in [1.82, 2.24) is 15.0 Å². The van der Waals surface area contributed by atoms with E-state index in [4.69, 9.17) is 47.6 Å². The molecule has 0 amide bonds. The predicted molar refractivity (Wildman–Crippen MR) is 219 cm³/mol. The summed E-state index contributed by atoms with van der Waals surface area (Å²) in [6.07, 6.45) is -2.49. The molecule has 0 aliphatic rings. The summed E-state index contributed by atoms with van der Waals surface area (Å²) in [6.45, 7) is 29.6. The average Bonchev–Trinajstić information content (AvgIpc) is 3.17. The van der Waals surface area contributed by atoms with Crippen LogP contribution in [0.5, 0.6) is 6.01 Å². The molecular weight excluding hydrogens is 770 g/mol. The van der Waals surface area contributed by atoms with Crippen molar-refractivity contribution in [3.8, 4) is 6.01 Å². The summed E-state index contributed by atoms with van der Waals surface area (Å²) >= 11 is 0. The number of anilines is 2. The van der Waals surface area contributed by atoms with Crippen LogP contribution in [0.1, 0.15) is 88.0 Å². The third-order valence-corrected chi connectivity index (χ3v) is 7.92. The fourth-order valence-corrected chi connectivity index (χ4v) is 4.21. The Morgan fingerprint density at radius 1 is 0.475 bits per heavy atom. The lowest BCUT2D eigenvalue weighted by Crippen LogP contribution is -2.37. The zero-order chi connectivity index (χ0) is 44.5. The van der Waals surface area contributed by atoms with Crippen molar-refractivity contribution < 1.29 is 61.8 Å². The quantitative estimate of drug-likeness (QED) is 0.0617. The second-order valence-electron chi connectivity index (χ2n) is 13.5. The Morgan fingerprint density at radius 2 is 0.729 bits per heavy atom. The SMILES string of the molecule is C=C(C)C(=O)CCOC(C)OCN(COC(C)OCCC(=O)C(=C)C)c1nc(OCC)nc(N(COC(C)OCCC(=O)C(=C)C)COC(C)OCCC(=O)C(=C)C)n1. The molecule has 0 saturated carbocycles. The van der Waals surface area contributed by atoms with Crippen LogP contribution in [0, 0.1) is 0 Å². The summed E-state index contributed by atoms with van der Waals surface area (Å²) in [5.41, 5.74) is 1.72. The van der Waals surface area contributed by atoms with E-state index in [1.165, 1.54) is 9.80 Å². The van der Waals surface area contributed by atoms with Crippen LogP contribution in [0.4, 0.5) is 11.9 Å². The first kappa shape index (κ1) is 52.7. The van der Waals surface area contributed by atoms with Crippen molar-refractivity contribution in [2.45, 2.75) is 113 Å². The van der Waals surface area contributed by atoms with E-state index in [0.29, 0.717) is 22.3 Å². The molecule has 0 aliphatic heterocycles. The number of nitrogens with zero attached hydrogens (tertiary/aromatic N) is 5. The van der Waals surface area contributed by atoms with Crippen molar-refractivity contribution in [2.75, 3.05) is 69.8 Å². The first-order valence-corrected chi connectivity index (χ1v) is 19.4. The van der Waals surface area contributed by atoms with Gasteiger partial charge in [-0.05, 0) is 84.6 Å². The van der Waals surface area contributed by atoms with E-state index in [1.54, 1.807) is 62.3 Å². The summed E-state index contributed by atoms with van der Waals surface area (Å²) in [7, 11) is 0. The molecule has 0 bridgehead atoms. The minimum Gasteiger partial charge on any atom is -0.464 e. The van der Waals surface area contributed by atoms with Gasteiger partial charge in [0.25, 0.3) is 0 Å². The molecule has 1 aromatic heterocycles. The number of carbonyl (C=O) groups excluding carboxylic acids is 4. The average molecular weight is 836 g/mol. The van der Waals surface area contributed by atoms with Crippen LogP contribution < -0.4 is 14.5 Å². The zero-order valence-corrected chi connectivity index (χ0v) is 36.4. The van der Waals surface area contributed by atoms with Crippen molar-refractivity contribution in [3.05, 3.63) is 48.6 Å². The van der Waals surface area contributed by atoms with E-state index >= 15 is 0 Å². The molecule has 0 aliphatic carbocycles. The number of ether oxygens (including phenoxy) is 9. The van der Waals surface area contributed by atoms with E-state index in [9.17, 15) is 19.2 Å². The molecule has 0 radical (unpaired) electrons. The van der Waals surface area contributed by atoms with Gasteiger partial charge < -0.3 is 42.6 Å². The number of allylic oxidation sites excluding steroid dienone is 4. The van der Waals surface area contributed by atoms with E-state index in [2.05, 4.69) is 36.3 Å². The molecule has 4 unspecified atom stereocenters. The van der Waals surface area contributed by atoms with Gasteiger partial charge in [-0.15, -0.1) is 0 Å². The summed E-state index contributed by atoms with van der Waals surface area (Å²) in [5.74, 6) is -0.374. The number of ketones is 4. The molecule has 18 heteroatoms. The van der Waals surface area contributed by atoms with Gasteiger partial charge in [0.05, 0.1) is 33.0 Å². The van der Waals surface area contributed by atoms with Gasteiger partial charge in [0.2, 0.25) is 11.9 Å². The highest BCUT2D eigenvalue weighted by atomic mass is 16.7. The lowest BCUT2D eigenvalue weighted by Gasteiger charge is -2.28. The Bertz CT molecular complexity index is 1360. The van der Waals surface area contributed by atoms with Crippen LogP contribution in [0.2, 0.25) is 0 Å². The van der Waals surface area contributed by atoms with Crippen molar-refractivity contribution in [2.24, 2.45) is 0 Å². The molecule has 59 heavy (non-hydrogen) atoms. The number of Topliss-reactive ketones (excluding diaryl/α,β-unsaturated/α-hetero) is 4. The van der Waals surface area contributed by atoms with Gasteiger partial charge in [0.15, 0.2) is 48.3 Å². The molecule has 0 saturated heterocycles. The summed E-state index contributed by atoms with van der Waals surface area (Å²) in [6, 6.07) is -0.0436. The van der Waals surface area contributed by atoms with E-state index in [1.807, 2.05) is 0 Å². The monoisotopic (exact) mass is 835 g/mol. The van der Waals surface area contributed by atoms with Crippen LogP contribution in [0.15, 0.2) is 48.6 Å². The maximum Gasteiger partial charge on any atom is 0.323 e. The molecule has 0 N–H and O–H groups in total. The molecule has 18 nitrogen and oxygen atoms in total.